The Hall–Kier alpha value is -2.63. The van der Waals surface area contributed by atoms with Crippen LogP contribution in [0.25, 0.3) is 10.9 Å². The van der Waals surface area contributed by atoms with E-state index in [1.54, 1.807) is 7.05 Å². The Morgan fingerprint density at radius 1 is 1.31 bits per heavy atom. The van der Waals surface area contributed by atoms with E-state index in [0.29, 0.717) is 31.6 Å². The number of pyridine rings is 1. The molecule has 8 heteroatoms. The molecular weight excluding hydrogens is 352 g/mol. The van der Waals surface area contributed by atoms with Crippen LogP contribution in [0.4, 0.5) is 5.69 Å². The average molecular weight is 372 g/mol. The number of nitrogens with one attached hydrogen (secondary N) is 1. The first kappa shape index (κ1) is 18.2. The van der Waals surface area contributed by atoms with Gasteiger partial charge in [0.2, 0.25) is 10.0 Å². The lowest BCUT2D eigenvalue weighted by atomic mass is 10.0. The van der Waals surface area contributed by atoms with E-state index in [1.807, 2.05) is 29.2 Å². The van der Waals surface area contributed by atoms with Crippen LogP contribution in [-0.4, -0.2) is 32.1 Å². The molecule has 1 aliphatic heterocycles. The lowest BCUT2D eigenvalue weighted by Gasteiger charge is -2.34. The maximum atomic E-state index is 12.6. The van der Waals surface area contributed by atoms with Crippen molar-refractivity contribution in [3.05, 3.63) is 52.2 Å². The monoisotopic (exact) mass is 372 g/mol. The van der Waals surface area contributed by atoms with Gasteiger partial charge in [-0.2, -0.15) is 5.26 Å². The number of para-hydroxylation sites is 1. The van der Waals surface area contributed by atoms with Gasteiger partial charge in [-0.15, -0.1) is 0 Å². The highest BCUT2D eigenvalue weighted by Crippen LogP contribution is 2.30. The molecule has 0 spiro atoms. The van der Waals surface area contributed by atoms with Gasteiger partial charge in [-0.25, -0.2) is 13.1 Å². The van der Waals surface area contributed by atoms with E-state index in [1.165, 1.54) is 4.57 Å². The maximum Gasteiger partial charge on any atom is 0.270 e. The summed E-state index contributed by atoms with van der Waals surface area (Å²) in [6.45, 7) is 4.40. The van der Waals surface area contributed by atoms with Crippen molar-refractivity contribution in [3.63, 3.8) is 0 Å². The summed E-state index contributed by atoms with van der Waals surface area (Å²) >= 11 is 0. The minimum absolute atomic E-state index is 0.122. The van der Waals surface area contributed by atoms with Crippen molar-refractivity contribution in [2.24, 2.45) is 7.05 Å². The zero-order chi connectivity index (χ0) is 18.9. The minimum atomic E-state index is -3.47. The molecule has 0 atom stereocenters. The van der Waals surface area contributed by atoms with Gasteiger partial charge in [0.05, 0.1) is 11.2 Å². The molecule has 1 fully saturated rings. The number of hydrogen-bond donors (Lipinski definition) is 1. The van der Waals surface area contributed by atoms with Gasteiger partial charge in [0.25, 0.3) is 5.56 Å². The number of rotatable bonds is 4. The Labute approximate surface area is 152 Å². The number of hydrogen-bond acceptors (Lipinski definition) is 5. The molecule has 0 aliphatic carbocycles. The summed E-state index contributed by atoms with van der Waals surface area (Å²) in [7, 11) is -1.81. The van der Waals surface area contributed by atoms with E-state index >= 15 is 0 Å². The quantitative estimate of drug-likeness (QED) is 0.876. The molecule has 0 radical (unpaired) electrons. The number of benzene rings is 1. The van der Waals surface area contributed by atoms with Crippen molar-refractivity contribution in [3.8, 4) is 6.07 Å². The normalized spacial score (nSPS) is 15.8. The average Bonchev–Trinajstić information content (AvgIpc) is 2.65. The number of fused-ring (bicyclic) bond motifs is 1. The summed E-state index contributed by atoms with van der Waals surface area (Å²) in [6, 6.07) is 9.36. The van der Waals surface area contributed by atoms with E-state index in [9.17, 15) is 18.5 Å². The molecule has 0 bridgehead atoms. The largest absolute Gasteiger partial charge is 0.370 e. The van der Waals surface area contributed by atoms with Gasteiger partial charge < -0.3 is 9.47 Å². The molecular formula is C18H20N4O3S. The summed E-state index contributed by atoms with van der Waals surface area (Å²) in [6.07, 6.45) is 1.17. The Bertz CT molecular complexity index is 1060. The third-order valence-corrected chi connectivity index (χ3v) is 5.85. The van der Waals surface area contributed by atoms with Gasteiger partial charge in [0.1, 0.15) is 11.6 Å². The standard InChI is InChI=1S/C18H20N4O3S/c1-3-26(24,25)20-13-8-10-22(11-9-13)17-14-6-4-5-7-16(14)21(2)18(23)15(17)12-19/h3-7,13,20H,1,8-11H2,2H3. The maximum absolute atomic E-state index is 12.6. The molecule has 0 saturated carbocycles. The van der Waals surface area contributed by atoms with E-state index in [0.717, 1.165) is 16.3 Å². The fraction of sp³-hybridized carbons (Fsp3) is 0.333. The fourth-order valence-corrected chi connectivity index (χ4v) is 4.21. The second kappa shape index (κ2) is 6.94. The molecule has 1 aliphatic rings. The van der Waals surface area contributed by atoms with Crippen LogP contribution in [0.3, 0.4) is 0 Å². The number of nitrogens with zero attached hydrogens (tertiary/aromatic N) is 3. The molecule has 136 valence electrons. The van der Waals surface area contributed by atoms with Crippen LogP contribution in [0.15, 0.2) is 41.0 Å². The molecule has 1 aromatic heterocycles. The molecule has 26 heavy (non-hydrogen) atoms. The van der Waals surface area contributed by atoms with Crippen LogP contribution in [-0.2, 0) is 17.1 Å². The number of anilines is 1. The van der Waals surface area contributed by atoms with Crippen LogP contribution in [0.1, 0.15) is 18.4 Å². The molecule has 0 unspecified atom stereocenters. The van der Waals surface area contributed by atoms with Crippen LogP contribution in [0.2, 0.25) is 0 Å². The zero-order valence-electron chi connectivity index (χ0n) is 14.5. The topological polar surface area (TPSA) is 95.2 Å². The Balaban J connectivity index is 1.98. The number of sulfonamides is 1. The van der Waals surface area contributed by atoms with Crippen molar-refractivity contribution in [1.82, 2.24) is 9.29 Å². The number of nitriles is 1. The van der Waals surface area contributed by atoms with Crippen molar-refractivity contribution in [1.29, 1.82) is 5.26 Å². The molecule has 0 amide bonds. The van der Waals surface area contributed by atoms with Crippen molar-refractivity contribution < 1.29 is 8.42 Å². The summed E-state index contributed by atoms with van der Waals surface area (Å²) in [4.78, 5) is 14.6. The summed E-state index contributed by atoms with van der Waals surface area (Å²) in [5.74, 6) is 0. The van der Waals surface area contributed by atoms with Crippen molar-refractivity contribution in [2.45, 2.75) is 18.9 Å². The third-order valence-electron chi connectivity index (χ3n) is 4.75. The predicted octanol–water partition coefficient (Wildman–Crippen LogP) is 1.44. The summed E-state index contributed by atoms with van der Waals surface area (Å²) in [5, 5.41) is 11.3. The SMILES string of the molecule is C=CS(=O)(=O)NC1CCN(c2c(C#N)c(=O)n(C)c3ccccc23)CC1. The van der Waals surface area contributed by atoms with Crippen LogP contribution in [0.5, 0.6) is 0 Å². The molecule has 3 rings (SSSR count). The van der Waals surface area contributed by atoms with Crippen LogP contribution in [0, 0.1) is 11.3 Å². The van der Waals surface area contributed by atoms with Gasteiger partial charge in [-0.1, -0.05) is 24.8 Å². The Morgan fingerprint density at radius 3 is 2.58 bits per heavy atom. The van der Waals surface area contributed by atoms with Gasteiger partial charge in [-0.3, -0.25) is 4.79 Å². The molecule has 1 aromatic carbocycles. The smallest absolute Gasteiger partial charge is 0.270 e. The number of piperidine rings is 1. The highest BCUT2D eigenvalue weighted by atomic mass is 32.2. The van der Waals surface area contributed by atoms with E-state index < -0.39 is 10.0 Å². The van der Waals surface area contributed by atoms with E-state index in [-0.39, 0.29) is 17.2 Å². The van der Waals surface area contributed by atoms with Crippen molar-refractivity contribution in [2.75, 3.05) is 18.0 Å². The van der Waals surface area contributed by atoms with Gasteiger partial charge in [0.15, 0.2) is 0 Å². The zero-order valence-corrected chi connectivity index (χ0v) is 15.3. The van der Waals surface area contributed by atoms with Gasteiger partial charge in [0, 0.05) is 37.0 Å². The molecule has 2 heterocycles. The minimum Gasteiger partial charge on any atom is -0.370 e. The molecule has 1 saturated heterocycles. The first-order valence-corrected chi connectivity index (χ1v) is 9.84. The lowest BCUT2D eigenvalue weighted by molar-refractivity contribution is 0.463. The predicted molar refractivity (Wildman–Crippen MR) is 101 cm³/mol. The first-order valence-electron chi connectivity index (χ1n) is 8.29. The molecule has 2 aromatic rings. The lowest BCUT2D eigenvalue weighted by Crippen LogP contribution is -2.44. The third kappa shape index (κ3) is 3.23. The van der Waals surface area contributed by atoms with Crippen LogP contribution < -0.4 is 15.2 Å². The highest BCUT2D eigenvalue weighted by Gasteiger charge is 2.26. The Morgan fingerprint density at radius 2 is 1.96 bits per heavy atom. The summed E-state index contributed by atoms with van der Waals surface area (Å²) in [5.41, 5.74) is 1.20. The second-order valence-corrected chi connectivity index (χ2v) is 7.97. The highest BCUT2D eigenvalue weighted by molar-refractivity contribution is 7.92. The molecule has 7 nitrogen and oxygen atoms in total. The summed E-state index contributed by atoms with van der Waals surface area (Å²) < 4.78 is 27.4. The van der Waals surface area contributed by atoms with Crippen molar-refractivity contribution >= 4 is 26.6 Å². The number of aromatic nitrogens is 1. The van der Waals surface area contributed by atoms with E-state index in [4.69, 9.17) is 0 Å². The van der Waals surface area contributed by atoms with Crippen LogP contribution >= 0.6 is 0 Å². The van der Waals surface area contributed by atoms with E-state index in [2.05, 4.69) is 17.4 Å². The molecule has 1 N–H and O–H groups in total. The fourth-order valence-electron chi connectivity index (χ4n) is 3.41. The van der Waals surface area contributed by atoms with Gasteiger partial charge in [-0.05, 0) is 18.9 Å². The Kier molecular flexibility index (Phi) is 4.85. The number of aryl methyl sites for hydroxylation is 1. The van der Waals surface area contributed by atoms with Gasteiger partial charge >= 0.3 is 0 Å². The second-order valence-electron chi connectivity index (χ2n) is 6.31. The first-order chi connectivity index (χ1) is 12.4.